The van der Waals surface area contributed by atoms with Gasteiger partial charge in [0.1, 0.15) is 6.10 Å². The molecule has 0 aliphatic carbocycles. The van der Waals surface area contributed by atoms with Crippen LogP contribution in [0.2, 0.25) is 0 Å². The van der Waals surface area contributed by atoms with Crippen LogP contribution in [0.4, 0.5) is 0 Å². The van der Waals surface area contributed by atoms with E-state index in [1.807, 2.05) is 13.8 Å². The second-order valence-electron chi connectivity index (χ2n) is 3.97. The molecule has 82 valence electrons. The molecule has 14 heavy (non-hydrogen) atoms. The van der Waals surface area contributed by atoms with Gasteiger partial charge in [0, 0.05) is 6.42 Å². The third-order valence-electron chi connectivity index (χ3n) is 2.49. The summed E-state index contributed by atoms with van der Waals surface area (Å²) in [6.07, 6.45) is -3.69. The Morgan fingerprint density at radius 1 is 1.43 bits per heavy atom. The molecule has 5 nitrogen and oxygen atoms in total. The maximum Gasteiger partial charge on any atom is 0.335 e. The molecule has 0 aromatic heterocycles. The lowest BCUT2D eigenvalue weighted by Crippen LogP contribution is -2.52. The lowest BCUT2D eigenvalue weighted by molar-refractivity contribution is -0.198. The predicted molar refractivity (Wildman–Crippen MR) is 47.8 cm³/mol. The molecule has 5 heteroatoms. The fourth-order valence-electron chi connectivity index (χ4n) is 1.54. The van der Waals surface area contributed by atoms with Crippen molar-refractivity contribution in [3.05, 3.63) is 0 Å². The Morgan fingerprint density at radius 3 is 2.43 bits per heavy atom. The number of aliphatic hydroxyl groups is 2. The highest BCUT2D eigenvalue weighted by atomic mass is 16.5. The van der Waals surface area contributed by atoms with Gasteiger partial charge in [0.05, 0.1) is 12.2 Å². The molecule has 1 rings (SSSR count). The molecule has 0 bridgehead atoms. The zero-order valence-corrected chi connectivity index (χ0v) is 8.25. The molecule has 0 aromatic carbocycles. The summed E-state index contributed by atoms with van der Waals surface area (Å²) in [5.74, 6) is -1.11. The van der Waals surface area contributed by atoms with Gasteiger partial charge in [-0.15, -0.1) is 0 Å². The Balaban J connectivity index is 2.71. The second kappa shape index (κ2) is 4.25. The van der Waals surface area contributed by atoms with Crippen molar-refractivity contribution in [1.82, 2.24) is 0 Å². The first-order chi connectivity index (χ1) is 6.43. The van der Waals surface area contributed by atoms with Gasteiger partial charge in [-0.2, -0.15) is 0 Å². The summed E-state index contributed by atoms with van der Waals surface area (Å²) in [6, 6.07) is 0. The minimum Gasteiger partial charge on any atom is -0.479 e. The average molecular weight is 204 g/mol. The number of hydrogen-bond acceptors (Lipinski definition) is 4. The molecule has 0 radical (unpaired) electrons. The van der Waals surface area contributed by atoms with E-state index >= 15 is 0 Å². The van der Waals surface area contributed by atoms with Crippen LogP contribution < -0.4 is 0 Å². The normalized spacial score (nSPS) is 38.6. The topological polar surface area (TPSA) is 87.0 Å². The summed E-state index contributed by atoms with van der Waals surface area (Å²) in [6.45, 7) is 3.77. The van der Waals surface area contributed by atoms with E-state index in [1.54, 1.807) is 0 Å². The van der Waals surface area contributed by atoms with Gasteiger partial charge in [-0.3, -0.25) is 0 Å². The Hall–Kier alpha value is -0.650. The maximum atomic E-state index is 10.7. The number of carboxylic acids is 1. The quantitative estimate of drug-likeness (QED) is 0.570. The van der Waals surface area contributed by atoms with E-state index in [0.717, 1.165) is 0 Å². The van der Waals surface area contributed by atoms with Crippen molar-refractivity contribution in [3.8, 4) is 0 Å². The van der Waals surface area contributed by atoms with Crippen LogP contribution in [-0.4, -0.2) is 45.7 Å². The molecule has 4 atom stereocenters. The van der Waals surface area contributed by atoms with Gasteiger partial charge < -0.3 is 20.1 Å². The van der Waals surface area contributed by atoms with Crippen molar-refractivity contribution in [1.29, 1.82) is 0 Å². The monoisotopic (exact) mass is 204 g/mol. The first kappa shape index (κ1) is 11.4. The van der Waals surface area contributed by atoms with Crippen LogP contribution in [0.15, 0.2) is 0 Å². The summed E-state index contributed by atoms with van der Waals surface area (Å²) in [5.41, 5.74) is 0. The van der Waals surface area contributed by atoms with Gasteiger partial charge in [-0.25, -0.2) is 4.79 Å². The Kier molecular flexibility index (Phi) is 3.47. The van der Waals surface area contributed by atoms with Crippen molar-refractivity contribution in [2.75, 3.05) is 0 Å². The summed E-state index contributed by atoms with van der Waals surface area (Å²) in [7, 11) is 0. The Bertz CT molecular complexity index is 215. The standard InChI is InChI=1S/C9H16O5/c1-4(2)6-3-5(10)7(11)8(14-6)9(12)13/h4-8,10-11H,3H2,1-2H3,(H,12,13)/t5-,6?,7+,8+/m1/s1. The third kappa shape index (κ3) is 2.23. The minimum absolute atomic E-state index is 0.124. The van der Waals surface area contributed by atoms with Crippen LogP contribution >= 0.6 is 0 Å². The van der Waals surface area contributed by atoms with Crippen LogP contribution in [0.25, 0.3) is 0 Å². The average Bonchev–Trinajstić information content (AvgIpc) is 2.08. The van der Waals surface area contributed by atoms with Crippen molar-refractivity contribution in [2.24, 2.45) is 5.92 Å². The minimum atomic E-state index is -1.33. The van der Waals surface area contributed by atoms with E-state index in [9.17, 15) is 15.0 Å². The van der Waals surface area contributed by atoms with Crippen LogP contribution in [0.1, 0.15) is 20.3 Å². The van der Waals surface area contributed by atoms with Gasteiger partial charge in [0.2, 0.25) is 0 Å². The molecular formula is C9H16O5. The van der Waals surface area contributed by atoms with Gasteiger partial charge in [-0.1, -0.05) is 13.8 Å². The van der Waals surface area contributed by atoms with Gasteiger partial charge >= 0.3 is 5.97 Å². The number of ether oxygens (including phenoxy) is 1. The largest absolute Gasteiger partial charge is 0.479 e. The molecule has 1 fully saturated rings. The predicted octanol–water partition coefficient (Wildman–Crippen LogP) is -0.394. The first-order valence-corrected chi connectivity index (χ1v) is 4.68. The molecule has 3 N–H and O–H groups in total. The van der Waals surface area contributed by atoms with Crippen molar-refractivity contribution < 1.29 is 24.9 Å². The van der Waals surface area contributed by atoms with Crippen LogP contribution in [-0.2, 0) is 9.53 Å². The highest BCUT2D eigenvalue weighted by molar-refractivity contribution is 5.73. The van der Waals surface area contributed by atoms with Crippen molar-refractivity contribution in [2.45, 2.75) is 44.7 Å². The zero-order chi connectivity index (χ0) is 10.9. The molecular weight excluding hydrogens is 188 g/mol. The highest BCUT2D eigenvalue weighted by Gasteiger charge is 2.41. The molecule has 1 aliphatic heterocycles. The van der Waals surface area contributed by atoms with E-state index in [2.05, 4.69) is 0 Å². The summed E-state index contributed by atoms with van der Waals surface area (Å²) in [5, 5.41) is 27.5. The number of rotatable bonds is 2. The highest BCUT2D eigenvalue weighted by Crippen LogP contribution is 2.25. The number of aliphatic carboxylic acids is 1. The lowest BCUT2D eigenvalue weighted by atomic mass is 9.92. The summed E-state index contributed by atoms with van der Waals surface area (Å²) >= 11 is 0. The SMILES string of the molecule is CC(C)C1C[C@@H](O)[C@H](O)[C@@H](C(=O)O)O1. The van der Waals surface area contributed by atoms with E-state index in [1.165, 1.54) is 0 Å². The molecule has 1 unspecified atom stereocenters. The zero-order valence-electron chi connectivity index (χ0n) is 8.25. The smallest absolute Gasteiger partial charge is 0.335 e. The van der Waals surface area contributed by atoms with E-state index in [4.69, 9.17) is 9.84 Å². The van der Waals surface area contributed by atoms with Gasteiger partial charge in [-0.05, 0) is 5.92 Å². The van der Waals surface area contributed by atoms with Crippen LogP contribution in [0, 0.1) is 5.92 Å². The number of carboxylic acid groups (broad SMARTS) is 1. The molecule has 0 saturated carbocycles. The Labute approximate surface area is 82.3 Å². The third-order valence-corrected chi connectivity index (χ3v) is 2.49. The van der Waals surface area contributed by atoms with Crippen LogP contribution in [0.5, 0.6) is 0 Å². The van der Waals surface area contributed by atoms with E-state index in [-0.39, 0.29) is 18.4 Å². The van der Waals surface area contributed by atoms with E-state index in [0.29, 0.717) is 0 Å². The fourth-order valence-corrected chi connectivity index (χ4v) is 1.54. The van der Waals surface area contributed by atoms with Crippen LogP contribution in [0.3, 0.4) is 0 Å². The number of hydrogen-bond donors (Lipinski definition) is 3. The maximum absolute atomic E-state index is 10.7. The molecule has 0 amide bonds. The second-order valence-corrected chi connectivity index (χ2v) is 3.97. The van der Waals surface area contributed by atoms with Gasteiger partial charge in [0.15, 0.2) is 6.10 Å². The fraction of sp³-hybridized carbons (Fsp3) is 0.889. The molecule has 1 aliphatic rings. The molecule has 1 heterocycles. The summed E-state index contributed by atoms with van der Waals surface area (Å²) < 4.78 is 5.18. The first-order valence-electron chi connectivity index (χ1n) is 4.68. The van der Waals surface area contributed by atoms with Crippen molar-refractivity contribution in [3.63, 3.8) is 0 Å². The van der Waals surface area contributed by atoms with Crippen molar-refractivity contribution >= 4 is 5.97 Å². The molecule has 1 saturated heterocycles. The van der Waals surface area contributed by atoms with E-state index < -0.39 is 24.3 Å². The van der Waals surface area contributed by atoms with Gasteiger partial charge in [0.25, 0.3) is 0 Å². The Morgan fingerprint density at radius 2 is 2.00 bits per heavy atom. The molecule has 0 aromatic rings. The lowest BCUT2D eigenvalue weighted by Gasteiger charge is -2.36. The molecule has 0 spiro atoms. The number of aliphatic hydroxyl groups excluding tert-OH is 2. The number of carbonyl (C=O) groups is 1. The summed E-state index contributed by atoms with van der Waals surface area (Å²) in [4.78, 5) is 10.7.